The molecule has 0 saturated heterocycles. The van der Waals surface area contributed by atoms with Gasteiger partial charge in [-0.05, 0) is 30.7 Å². The molecule has 3 aromatic rings. The highest BCUT2D eigenvalue weighted by atomic mass is 35.5. The van der Waals surface area contributed by atoms with E-state index < -0.39 is 5.91 Å². The highest BCUT2D eigenvalue weighted by molar-refractivity contribution is 6.33. The Hall–Kier alpha value is -2.64. The van der Waals surface area contributed by atoms with Crippen LogP contribution in [0.5, 0.6) is 0 Å². The van der Waals surface area contributed by atoms with Crippen LogP contribution in [-0.4, -0.2) is 22.2 Å². The van der Waals surface area contributed by atoms with Crippen LogP contribution in [0.15, 0.2) is 34.9 Å². The van der Waals surface area contributed by atoms with E-state index in [9.17, 15) is 9.18 Å². The molecule has 0 aliphatic carbocycles. The van der Waals surface area contributed by atoms with Gasteiger partial charge in [0.05, 0.1) is 16.9 Å². The number of benzene rings is 1. The van der Waals surface area contributed by atoms with Gasteiger partial charge in [0.15, 0.2) is 5.76 Å². The van der Waals surface area contributed by atoms with Crippen LogP contribution in [0.2, 0.25) is 5.02 Å². The average Bonchev–Trinajstić information content (AvgIpc) is 3.20. The summed E-state index contributed by atoms with van der Waals surface area (Å²) < 4.78 is 20.7. The number of hydrogen-bond acceptors (Lipinski definition) is 4. The summed E-state index contributed by atoms with van der Waals surface area (Å²) in [6.07, 6.45) is 2.56. The SMILES string of the molecule is CCc1oc(C(N)=O)c([C@@H](CN)Cc2ccc(F)cc2)c1-c1c(Cl)cnn1C. The number of nitrogens with zero attached hydrogens (tertiary/aromatic N) is 2. The van der Waals surface area contributed by atoms with Crippen LogP contribution in [0.3, 0.4) is 0 Å². The molecular weight excluding hydrogens is 383 g/mol. The normalized spacial score (nSPS) is 12.3. The van der Waals surface area contributed by atoms with Crippen LogP contribution < -0.4 is 11.5 Å². The molecule has 8 heteroatoms. The van der Waals surface area contributed by atoms with Gasteiger partial charge < -0.3 is 15.9 Å². The Labute approximate surface area is 167 Å². The monoisotopic (exact) mass is 404 g/mol. The number of aromatic nitrogens is 2. The number of carbonyl (C=O) groups is 1. The van der Waals surface area contributed by atoms with Crippen molar-refractivity contribution in [2.45, 2.75) is 25.7 Å². The molecule has 6 nitrogen and oxygen atoms in total. The van der Waals surface area contributed by atoms with Gasteiger partial charge in [-0.1, -0.05) is 30.7 Å². The Morgan fingerprint density at radius 3 is 2.54 bits per heavy atom. The molecule has 0 fully saturated rings. The summed E-state index contributed by atoms with van der Waals surface area (Å²) in [4.78, 5) is 12.1. The molecule has 0 aliphatic rings. The van der Waals surface area contributed by atoms with Gasteiger partial charge in [-0.2, -0.15) is 5.10 Å². The zero-order valence-corrected chi connectivity index (χ0v) is 16.5. The molecule has 148 valence electrons. The Morgan fingerprint density at radius 1 is 1.36 bits per heavy atom. The van der Waals surface area contributed by atoms with E-state index in [1.54, 1.807) is 23.9 Å². The lowest BCUT2D eigenvalue weighted by molar-refractivity contribution is 0.0970. The number of furan rings is 1. The largest absolute Gasteiger partial charge is 0.455 e. The molecule has 0 saturated carbocycles. The fourth-order valence-electron chi connectivity index (χ4n) is 3.47. The maximum absolute atomic E-state index is 13.3. The zero-order chi connectivity index (χ0) is 20.4. The second-order valence-electron chi connectivity index (χ2n) is 6.59. The Balaban J connectivity index is 2.20. The molecule has 0 radical (unpaired) electrons. The second-order valence-corrected chi connectivity index (χ2v) is 7.00. The van der Waals surface area contributed by atoms with E-state index in [-0.39, 0.29) is 24.0 Å². The molecule has 4 N–H and O–H groups in total. The number of carbonyl (C=O) groups excluding carboxylic acids is 1. The van der Waals surface area contributed by atoms with Crippen LogP contribution in [0.25, 0.3) is 11.3 Å². The van der Waals surface area contributed by atoms with Gasteiger partial charge in [0, 0.05) is 30.5 Å². The third-order valence-corrected chi connectivity index (χ3v) is 5.06. The first-order valence-corrected chi connectivity index (χ1v) is 9.32. The Morgan fingerprint density at radius 2 is 2.04 bits per heavy atom. The van der Waals surface area contributed by atoms with Gasteiger partial charge in [-0.15, -0.1) is 0 Å². The summed E-state index contributed by atoms with van der Waals surface area (Å²) in [6, 6.07) is 6.17. The zero-order valence-electron chi connectivity index (χ0n) is 15.7. The molecule has 1 atom stereocenters. The van der Waals surface area contributed by atoms with Crippen molar-refractivity contribution in [1.29, 1.82) is 0 Å². The van der Waals surface area contributed by atoms with E-state index in [0.717, 1.165) is 5.56 Å². The van der Waals surface area contributed by atoms with E-state index in [1.165, 1.54) is 18.3 Å². The molecule has 2 heterocycles. The van der Waals surface area contributed by atoms with Gasteiger partial charge in [0.25, 0.3) is 5.91 Å². The van der Waals surface area contributed by atoms with E-state index in [4.69, 9.17) is 27.5 Å². The van der Waals surface area contributed by atoms with Gasteiger partial charge in [-0.3, -0.25) is 9.48 Å². The lowest BCUT2D eigenvalue weighted by Crippen LogP contribution is -2.20. The summed E-state index contributed by atoms with van der Waals surface area (Å²) in [5.74, 6) is -0.608. The minimum absolute atomic E-state index is 0.0710. The van der Waals surface area contributed by atoms with Gasteiger partial charge in [-0.25, -0.2) is 4.39 Å². The quantitative estimate of drug-likeness (QED) is 0.630. The Kier molecular flexibility index (Phi) is 5.86. The molecule has 0 aliphatic heterocycles. The number of nitrogens with two attached hydrogens (primary N) is 2. The number of hydrogen-bond donors (Lipinski definition) is 2. The summed E-state index contributed by atoms with van der Waals surface area (Å²) >= 11 is 6.38. The summed E-state index contributed by atoms with van der Waals surface area (Å²) in [7, 11) is 1.76. The van der Waals surface area contributed by atoms with Crippen LogP contribution in [0, 0.1) is 5.82 Å². The van der Waals surface area contributed by atoms with Gasteiger partial charge >= 0.3 is 0 Å². The highest BCUT2D eigenvalue weighted by Gasteiger charge is 2.31. The van der Waals surface area contributed by atoms with Crippen molar-refractivity contribution in [3.8, 4) is 11.3 Å². The third-order valence-electron chi connectivity index (χ3n) is 4.78. The number of aryl methyl sites for hydroxylation is 2. The van der Waals surface area contributed by atoms with Crippen molar-refractivity contribution < 1.29 is 13.6 Å². The van der Waals surface area contributed by atoms with E-state index >= 15 is 0 Å². The van der Waals surface area contributed by atoms with E-state index in [2.05, 4.69) is 5.10 Å². The van der Waals surface area contributed by atoms with Crippen molar-refractivity contribution in [3.63, 3.8) is 0 Å². The topological polar surface area (TPSA) is 100 Å². The highest BCUT2D eigenvalue weighted by Crippen LogP contribution is 2.41. The van der Waals surface area contributed by atoms with Crippen LogP contribution >= 0.6 is 11.6 Å². The molecular formula is C20H22ClFN4O2. The van der Waals surface area contributed by atoms with Crippen molar-refractivity contribution in [1.82, 2.24) is 9.78 Å². The fourth-order valence-corrected chi connectivity index (χ4v) is 3.73. The summed E-state index contributed by atoms with van der Waals surface area (Å²) in [6.45, 7) is 2.15. The minimum Gasteiger partial charge on any atom is -0.455 e. The lowest BCUT2D eigenvalue weighted by atomic mass is 9.87. The molecule has 2 aromatic heterocycles. The lowest BCUT2D eigenvalue weighted by Gasteiger charge is -2.17. The van der Waals surface area contributed by atoms with Crippen LogP contribution in [0.4, 0.5) is 4.39 Å². The van der Waals surface area contributed by atoms with Crippen LogP contribution in [-0.2, 0) is 19.9 Å². The molecule has 1 aromatic carbocycles. The molecule has 0 unspecified atom stereocenters. The van der Waals surface area contributed by atoms with Crippen molar-refractivity contribution in [2.75, 3.05) is 6.54 Å². The maximum atomic E-state index is 13.3. The average molecular weight is 405 g/mol. The first-order chi connectivity index (χ1) is 13.4. The van der Waals surface area contributed by atoms with Crippen molar-refractivity contribution in [2.24, 2.45) is 18.5 Å². The van der Waals surface area contributed by atoms with Gasteiger partial charge in [0.1, 0.15) is 11.6 Å². The van der Waals surface area contributed by atoms with Crippen LogP contribution in [0.1, 0.15) is 40.3 Å². The number of primary amides is 1. The smallest absolute Gasteiger partial charge is 0.284 e. The third kappa shape index (κ3) is 3.68. The molecule has 3 rings (SSSR count). The maximum Gasteiger partial charge on any atom is 0.284 e. The molecule has 28 heavy (non-hydrogen) atoms. The first kappa shape index (κ1) is 20.1. The molecule has 1 amide bonds. The van der Waals surface area contributed by atoms with E-state index in [1.807, 2.05) is 6.92 Å². The predicted molar refractivity (Wildman–Crippen MR) is 106 cm³/mol. The van der Waals surface area contributed by atoms with Crippen molar-refractivity contribution in [3.05, 3.63) is 63.9 Å². The summed E-state index contributed by atoms with van der Waals surface area (Å²) in [5.41, 5.74) is 14.5. The van der Waals surface area contributed by atoms with Gasteiger partial charge in [0.2, 0.25) is 0 Å². The standard InChI is InChI=1S/C20H22ClFN4O2/c1-3-15-17(18-14(21)10-25-26(18)2)16(19(28-15)20(24)27)12(9-23)8-11-4-6-13(22)7-5-11/h4-7,10,12H,3,8-9,23H2,1-2H3,(H2,24,27)/t12-/m1/s1. The molecule has 0 bridgehead atoms. The first-order valence-electron chi connectivity index (χ1n) is 8.95. The number of halogens is 2. The second kappa shape index (κ2) is 8.16. The van der Waals surface area contributed by atoms with E-state index in [0.29, 0.717) is 40.4 Å². The predicted octanol–water partition coefficient (Wildman–Crippen LogP) is 3.42. The minimum atomic E-state index is -0.674. The fraction of sp³-hybridized carbons (Fsp3) is 0.300. The summed E-state index contributed by atoms with van der Waals surface area (Å²) in [5, 5.41) is 4.63. The molecule has 0 spiro atoms. The Bertz CT molecular complexity index is 975. The number of rotatable bonds is 7. The number of amides is 1. The van der Waals surface area contributed by atoms with Crippen molar-refractivity contribution >= 4 is 17.5 Å².